The minimum Gasteiger partial charge on any atom is -0.480 e. The lowest BCUT2D eigenvalue weighted by Crippen LogP contribution is -2.40. The number of fused-ring (bicyclic) bond motifs is 1. The van der Waals surface area contributed by atoms with E-state index >= 15 is 0 Å². The summed E-state index contributed by atoms with van der Waals surface area (Å²) in [6.45, 7) is 0.300. The first-order valence-corrected chi connectivity index (χ1v) is 7.30. The van der Waals surface area contributed by atoms with Crippen molar-refractivity contribution in [2.75, 3.05) is 25.2 Å². The average molecular weight is 337 g/mol. The second kappa shape index (κ2) is 6.32. The number of rotatable bonds is 5. The number of benzene rings is 1. The Balaban J connectivity index is 1.74. The molecule has 10 nitrogen and oxygen atoms in total. The molecule has 128 valence electrons. The van der Waals surface area contributed by atoms with Crippen molar-refractivity contribution < 1.29 is 29.1 Å². The highest BCUT2D eigenvalue weighted by atomic mass is 16.7. The Kier molecular flexibility index (Phi) is 4.21. The number of carbonyl (C=O) groups is 2. The van der Waals surface area contributed by atoms with Crippen LogP contribution in [0.4, 0.5) is 11.4 Å². The maximum absolute atomic E-state index is 12.2. The number of aliphatic carboxylic acids is 1. The van der Waals surface area contributed by atoms with Gasteiger partial charge in [0.2, 0.25) is 12.7 Å². The van der Waals surface area contributed by atoms with Gasteiger partial charge in [0.1, 0.15) is 11.7 Å². The lowest BCUT2D eigenvalue weighted by molar-refractivity contribution is -0.384. The molecule has 2 heterocycles. The van der Waals surface area contributed by atoms with Gasteiger partial charge in [-0.1, -0.05) is 0 Å². The van der Waals surface area contributed by atoms with Crippen LogP contribution in [0, 0.1) is 10.1 Å². The Hall–Kier alpha value is -2.88. The molecule has 0 aromatic heterocycles. The van der Waals surface area contributed by atoms with Gasteiger partial charge in [-0.25, -0.2) is 0 Å². The van der Waals surface area contributed by atoms with Crippen LogP contribution in [-0.4, -0.2) is 52.7 Å². The number of amides is 1. The van der Waals surface area contributed by atoms with Crippen LogP contribution in [0.15, 0.2) is 12.1 Å². The number of nitrogens with one attached hydrogen (secondary N) is 1. The molecule has 10 heteroatoms. The van der Waals surface area contributed by atoms with E-state index in [4.69, 9.17) is 14.6 Å². The first-order chi connectivity index (χ1) is 11.5. The molecule has 1 aromatic rings. The first-order valence-electron chi connectivity index (χ1n) is 7.30. The number of likely N-dealkylation sites (tertiary alicyclic amines) is 1. The van der Waals surface area contributed by atoms with Crippen molar-refractivity contribution >= 4 is 23.3 Å². The van der Waals surface area contributed by atoms with E-state index in [1.54, 1.807) is 0 Å². The van der Waals surface area contributed by atoms with E-state index < -0.39 is 22.8 Å². The molecule has 2 aliphatic rings. The smallest absolute Gasteiger partial charge is 0.320 e. The molecule has 24 heavy (non-hydrogen) atoms. The van der Waals surface area contributed by atoms with Gasteiger partial charge in [0.15, 0.2) is 11.5 Å². The summed E-state index contributed by atoms with van der Waals surface area (Å²) < 4.78 is 10.2. The SMILES string of the molecule is O=C(CN1CCC[C@H]1C(=O)O)Nc1cc2c(cc1[N+](=O)[O-])OCO2. The predicted molar refractivity (Wildman–Crippen MR) is 80.1 cm³/mol. The number of hydrogen-bond acceptors (Lipinski definition) is 7. The second-order valence-corrected chi connectivity index (χ2v) is 5.49. The summed E-state index contributed by atoms with van der Waals surface area (Å²) in [6.07, 6.45) is 1.17. The molecule has 2 N–H and O–H groups in total. The fourth-order valence-electron chi connectivity index (χ4n) is 2.85. The predicted octanol–water partition coefficient (Wildman–Crippen LogP) is 0.811. The molecule has 1 aromatic carbocycles. The summed E-state index contributed by atoms with van der Waals surface area (Å²) in [5.74, 6) is -0.954. The fraction of sp³-hybridized carbons (Fsp3) is 0.429. The number of ether oxygens (including phenoxy) is 2. The van der Waals surface area contributed by atoms with Crippen LogP contribution >= 0.6 is 0 Å². The van der Waals surface area contributed by atoms with Crippen molar-refractivity contribution in [3.8, 4) is 11.5 Å². The third-order valence-corrected chi connectivity index (χ3v) is 3.96. The minimum absolute atomic E-state index is 0.0136. The van der Waals surface area contributed by atoms with E-state index in [0.717, 1.165) is 0 Å². The molecule has 1 fully saturated rings. The molecule has 0 radical (unpaired) electrons. The van der Waals surface area contributed by atoms with E-state index in [-0.39, 0.29) is 30.5 Å². The second-order valence-electron chi connectivity index (χ2n) is 5.49. The Morgan fingerprint density at radius 1 is 1.38 bits per heavy atom. The number of nitro groups is 1. The zero-order chi connectivity index (χ0) is 17.3. The summed E-state index contributed by atoms with van der Waals surface area (Å²) in [5, 5.41) is 22.7. The van der Waals surface area contributed by atoms with Crippen LogP contribution in [0.1, 0.15) is 12.8 Å². The van der Waals surface area contributed by atoms with Crippen LogP contribution in [0.2, 0.25) is 0 Å². The van der Waals surface area contributed by atoms with Crippen molar-refractivity contribution in [3.05, 3.63) is 22.2 Å². The maximum Gasteiger partial charge on any atom is 0.320 e. The third-order valence-electron chi connectivity index (χ3n) is 3.96. The Labute approximate surface area is 136 Å². The highest BCUT2D eigenvalue weighted by molar-refractivity contribution is 5.95. The molecule has 0 aliphatic carbocycles. The topological polar surface area (TPSA) is 131 Å². The lowest BCUT2D eigenvalue weighted by atomic mass is 10.2. The van der Waals surface area contributed by atoms with E-state index in [1.165, 1.54) is 17.0 Å². The van der Waals surface area contributed by atoms with E-state index in [1.807, 2.05) is 0 Å². The minimum atomic E-state index is -0.977. The number of carboxylic acid groups (broad SMARTS) is 1. The Morgan fingerprint density at radius 3 is 2.75 bits per heavy atom. The van der Waals surface area contributed by atoms with Crippen molar-refractivity contribution in [1.29, 1.82) is 0 Å². The summed E-state index contributed by atoms with van der Waals surface area (Å²) >= 11 is 0. The number of hydrogen-bond donors (Lipinski definition) is 2. The molecule has 0 saturated carbocycles. The molecule has 0 bridgehead atoms. The van der Waals surface area contributed by atoms with Gasteiger partial charge in [0, 0.05) is 6.07 Å². The van der Waals surface area contributed by atoms with Gasteiger partial charge in [0.05, 0.1) is 17.5 Å². The molecular formula is C14H15N3O7. The maximum atomic E-state index is 12.2. The highest BCUT2D eigenvalue weighted by Crippen LogP contribution is 2.40. The monoisotopic (exact) mass is 337 g/mol. The van der Waals surface area contributed by atoms with Crippen molar-refractivity contribution in [2.24, 2.45) is 0 Å². The summed E-state index contributed by atoms with van der Waals surface area (Å²) in [5.41, 5.74) is -0.330. The fourth-order valence-corrected chi connectivity index (χ4v) is 2.85. The van der Waals surface area contributed by atoms with Gasteiger partial charge >= 0.3 is 5.97 Å². The van der Waals surface area contributed by atoms with Crippen LogP contribution in [-0.2, 0) is 9.59 Å². The average Bonchev–Trinajstić information content (AvgIpc) is 3.14. The number of anilines is 1. The molecule has 0 spiro atoms. The van der Waals surface area contributed by atoms with Gasteiger partial charge in [-0.15, -0.1) is 0 Å². The number of carbonyl (C=O) groups excluding carboxylic acids is 1. The highest BCUT2D eigenvalue weighted by Gasteiger charge is 2.32. The van der Waals surface area contributed by atoms with Gasteiger partial charge in [-0.3, -0.25) is 24.6 Å². The van der Waals surface area contributed by atoms with Crippen LogP contribution in [0.5, 0.6) is 11.5 Å². The molecular weight excluding hydrogens is 322 g/mol. The number of nitro benzene ring substituents is 1. The molecule has 0 unspecified atom stereocenters. The van der Waals surface area contributed by atoms with Crippen molar-refractivity contribution in [1.82, 2.24) is 4.90 Å². The van der Waals surface area contributed by atoms with Gasteiger partial charge in [-0.05, 0) is 19.4 Å². The molecule has 1 saturated heterocycles. The van der Waals surface area contributed by atoms with Crippen LogP contribution in [0.25, 0.3) is 0 Å². The largest absolute Gasteiger partial charge is 0.480 e. The Bertz CT molecular complexity index is 706. The van der Waals surface area contributed by atoms with E-state index in [0.29, 0.717) is 25.1 Å². The summed E-state index contributed by atoms with van der Waals surface area (Å²) in [6, 6.07) is 1.81. The van der Waals surface area contributed by atoms with E-state index in [2.05, 4.69) is 5.32 Å². The first kappa shape index (κ1) is 16.0. The normalized spacial score (nSPS) is 19.2. The quantitative estimate of drug-likeness (QED) is 0.596. The standard InChI is InChI=1S/C14H15N3O7/c18-13(6-16-3-1-2-9(16)14(19)20)15-8-4-11-12(24-7-23-11)5-10(8)17(21)22/h4-5,9H,1-3,6-7H2,(H,15,18)(H,19,20)/t9-/m0/s1. The number of nitrogens with zero attached hydrogens (tertiary/aromatic N) is 2. The summed E-state index contributed by atoms with van der Waals surface area (Å²) in [4.78, 5) is 35.4. The van der Waals surface area contributed by atoms with Crippen molar-refractivity contribution in [2.45, 2.75) is 18.9 Å². The van der Waals surface area contributed by atoms with Crippen LogP contribution in [0.3, 0.4) is 0 Å². The van der Waals surface area contributed by atoms with Crippen molar-refractivity contribution in [3.63, 3.8) is 0 Å². The van der Waals surface area contributed by atoms with Gasteiger partial charge in [-0.2, -0.15) is 0 Å². The third kappa shape index (κ3) is 3.08. The zero-order valence-corrected chi connectivity index (χ0v) is 12.6. The number of carboxylic acids is 1. The van der Waals surface area contributed by atoms with Gasteiger partial charge in [0.25, 0.3) is 5.69 Å². The lowest BCUT2D eigenvalue weighted by Gasteiger charge is -2.20. The van der Waals surface area contributed by atoms with Crippen LogP contribution < -0.4 is 14.8 Å². The molecule has 1 atom stereocenters. The summed E-state index contributed by atoms with van der Waals surface area (Å²) in [7, 11) is 0. The molecule has 1 amide bonds. The van der Waals surface area contributed by atoms with Gasteiger partial charge < -0.3 is 19.9 Å². The zero-order valence-electron chi connectivity index (χ0n) is 12.6. The molecule has 3 rings (SSSR count). The molecule has 2 aliphatic heterocycles. The van der Waals surface area contributed by atoms with E-state index in [9.17, 15) is 19.7 Å². The Morgan fingerprint density at radius 2 is 2.08 bits per heavy atom.